The van der Waals surface area contributed by atoms with E-state index >= 15 is 0 Å². The average molecular weight is 186 g/mol. The minimum Gasteiger partial charge on any atom is -0.466 e. The Morgan fingerprint density at radius 2 is 1.92 bits per heavy atom. The molecule has 0 aliphatic rings. The van der Waals surface area contributed by atoms with Crippen molar-refractivity contribution in [2.45, 2.75) is 47.5 Å². The van der Waals surface area contributed by atoms with Gasteiger partial charge in [-0.15, -0.1) is 0 Å². The van der Waals surface area contributed by atoms with Gasteiger partial charge in [-0.05, 0) is 24.7 Å². The molecule has 78 valence electrons. The van der Waals surface area contributed by atoms with Crippen molar-refractivity contribution >= 4 is 5.97 Å². The molecule has 0 aromatic heterocycles. The van der Waals surface area contributed by atoms with Gasteiger partial charge in [0.15, 0.2) is 0 Å². The van der Waals surface area contributed by atoms with Crippen molar-refractivity contribution in [1.29, 1.82) is 0 Å². The number of hydrogen-bond donors (Lipinski definition) is 0. The summed E-state index contributed by atoms with van der Waals surface area (Å²) in [5.41, 5.74) is 0.298. The molecule has 0 heterocycles. The van der Waals surface area contributed by atoms with E-state index in [1.807, 2.05) is 6.92 Å². The van der Waals surface area contributed by atoms with Crippen LogP contribution in [0.4, 0.5) is 0 Å². The van der Waals surface area contributed by atoms with Gasteiger partial charge >= 0.3 is 5.97 Å². The fourth-order valence-corrected chi connectivity index (χ4v) is 1.62. The predicted octanol–water partition coefficient (Wildman–Crippen LogP) is 3.01. The van der Waals surface area contributed by atoms with Crippen LogP contribution in [0.15, 0.2) is 0 Å². The van der Waals surface area contributed by atoms with Gasteiger partial charge in [0.25, 0.3) is 0 Å². The number of rotatable bonds is 4. The Labute approximate surface area is 81.7 Å². The first-order chi connectivity index (χ1) is 5.85. The summed E-state index contributed by atoms with van der Waals surface area (Å²) >= 11 is 0. The second-order valence-electron chi connectivity index (χ2n) is 4.88. The number of esters is 1. The minimum atomic E-state index is -0.0701. The molecule has 0 spiro atoms. The van der Waals surface area contributed by atoms with Crippen LogP contribution < -0.4 is 0 Å². The van der Waals surface area contributed by atoms with Crippen molar-refractivity contribution in [3.8, 4) is 0 Å². The van der Waals surface area contributed by atoms with Gasteiger partial charge in [-0.2, -0.15) is 0 Å². The van der Waals surface area contributed by atoms with Gasteiger partial charge in [-0.1, -0.05) is 27.7 Å². The summed E-state index contributed by atoms with van der Waals surface area (Å²) in [6, 6.07) is 0. The number of ether oxygens (including phenoxy) is 1. The summed E-state index contributed by atoms with van der Waals surface area (Å²) in [4.78, 5) is 11.1. The molecule has 1 atom stereocenters. The summed E-state index contributed by atoms with van der Waals surface area (Å²) in [7, 11) is 0. The van der Waals surface area contributed by atoms with E-state index in [2.05, 4.69) is 27.7 Å². The maximum absolute atomic E-state index is 11.1. The Bertz CT molecular complexity index is 156. The highest BCUT2D eigenvalue weighted by molar-refractivity contribution is 5.69. The van der Waals surface area contributed by atoms with E-state index < -0.39 is 0 Å². The van der Waals surface area contributed by atoms with Crippen LogP contribution in [0, 0.1) is 11.3 Å². The van der Waals surface area contributed by atoms with E-state index in [0.29, 0.717) is 24.4 Å². The van der Waals surface area contributed by atoms with Crippen molar-refractivity contribution in [3.05, 3.63) is 0 Å². The van der Waals surface area contributed by atoms with Crippen LogP contribution in [-0.2, 0) is 9.53 Å². The van der Waals surface area contributed by atoms with Crippen molar-refractivity contribution in [2.24, 2.45) is 11.3 Å². The summed E-state index contributed by atoms with van der Waals surface area (Å²) in [6.07, 6.45) is 1.61. The molecule has 0 bridgehead atoms. The van der Waals surface area contributed by atoms with E-state index in [1.165, 1.54) is 0 Å². The molecule has 2 nitrogen and oxygen atoms in total. The molecule has 0 aliphatic heterocycles. The Balaban J connectivity index is 3.74. The maximum atomic E-state index is 11.1. The summed E-state index contributed by atoms with van der Waals surface area (Å²) in [5.74, 6) is 0.346. The molecular weight excluding hydrogens is 164 g/mol. The molecule has 0 fully saturated rings. The normalized spacial score (nSPS) is 13.9. The zero-order valence-corrected chi connectivity index (χ0v) is 9.52. The molecule has 0 N–H and O–H groups in total. The van der Waals surface area contributed by atoms with Gasteiger partial charge in [0.1, 0.15) is 0 Å². The first-order valence-corrected chi connectivity index (χ1v) is 5.00. The number of hydrogen-bond acceptors (Lipinski definition) is 2. The summed E-state index contributed by atoms with van der Waals surface area (Å²) in [5, 5.41) is 0. The topological polar surface area (TPSA) is 26.3 Å². The highest BCUT2D eigenvalue weighted by Gasteiger charge is 2.17. The largest absolute Gasteiger partial charge is 0.466 e. The van der Waals surface area contributed by atoms with E-state index in [4.69, 9.17) is 4.74 Å². The minimum absolute atomic E-state index is 0.0701. The molecule has 0 rings (SSSR count). The van der Waals surface area contributed by atoms with Crippen molar-refractivity contribution < 1.29 is 9.53 Å². The monoisotopic (exact) mass is 186 g/mol. The first kappa shape index (κ1) is 12.5. The number of carbonyl (C=O) groups is 1. The van der Waals surface area contributed by atoms with Crippen LogP contribution in [0.25, 0.3) is 0 Å². The van der Waals surface area contributed by atoms with Gasteiger partial charge < -0.3 is 4.74 Å². The van der Waals surface area contributed by atoms with Crippen LogP contribution in [0.2, 0.25) is 0 Å². The SMILES string of the molecule is CCOC(=O)C[C@H](C)CC(C)(C)C. The molecule has 0 saturated carbocycles. The molecule has 0 aromatic carbocycles. The first-order valence-electron chi connectivity index (χ1n) is 5.00. The van der Waals surface area contributed by atoms with E-state index in [9.17, 15) is 4.79 Å². The zero-order valence-electron chi connectivity index (χ0n) is 9.52. The lowest BCUT2D eigenvalue weighted by Crippen LogP contribution is -2.15. The second-order valence-corrected chi connectivity index (χ2v) is 4.88. The average Bonchev–Trinajstić information content (AvgIpc) is 1.81. The third kappa shape index (κ3) is 7.82. The third-order valence-electron chi connectivity index (χ3n) is 1.78. The van der Waals surface area contributed by atoms with Crippen LogP contribution in [-0.4, -0.2) is 12.6 Å². The quantitative estimate of drug-likeness (QED) is 0.631. The van der Waals surface area contributed by atoms with E-state index in [1.54, 1.807) is 0 Å². The maximum Gasteiger partial charge on any atom is 0.306 e. The molecule has 0 aromatic rings. The van der Waals surface area contributed by atoms with E-state index in [-0.39, 0.29) is 5.97 Å². The Morgan fingerprint density at radius 1 is 1.38 bits per heavy atom. The fourth-order valence-electron chi connectivity index (χ4n) is 1.62. The lowest BCUT2D eigenvalue weighted by Gasteiger charge is -2.22. The van der Waals surface area contributed by atoms with Crippen LogP contribution in [0.5, 0.6) is 0 Å². The van der Waals surface area contributed by atoms with Crippen LogP contribution >= 0.6 is 0 Å². The molecule has 13 heavy (non-hydrogen) atoms. The van der Waals surface area contributed by atoms with Crippen molar-refractivity contribution in [2.75, 3.05) is 6.61 Å². The Kier molecular flexibility index (Phi) is 5.04. The number of carbonyl (C=O) groups excluding carboxylic acids is 1. The lowest BCUT2D eigenvalue weighted by atomic mass is 9.84. The van der Waals surface area contributed by atoms with Crippen molar-refractivity contribution in [1.82, 2.24) is 0 Å². The molecule has 0 saturated heterocycles. The highest BCUT2D eigenvalue weighted by atomic mass is 16.5. The predicted molar refractivity (Wildman–Crippen MR) is 54.5 cm³/mol. The fraction of sp³-hybridized carbons (Fsp3) is 0.909. The van der Waals surface area contributed by atoms with E-state index in [0.717, 1.165) is 6.42 Å². The van der Waals surface area contributed by atoms with Gasteiger partial charge in [0.2, 0.25) is 0 Å². The third-order valence-corrected chi connectivity index (χ3v) is 1.78. The zero-order chi connectivity index (χ0) is 10.5. The molecule has 2 heteroatoms. The summed E-state index contributed by atoms with van der Waals surface area (Å²) in [6.45, 7) is 11.0. The molecule has 0 amide bonds. The highest BCUT2D eigenvalue weighted by Crippen LogP contribution is 2.25. The Morgan fingerprint density at radius 3 is 2.31 bits per heavy atom. The van der Waals surface area contributed by atoms with Crippen LogP contribution in [0.3, 0.4) is 0 Å². The molecular formula is C11H22O2. The van der Waals surface area contributed by atoms with Gasteiger partial charge in [0, 0.05) is 6.42 Å². The standard InChI is InChI=1S/C11H22O2/c1-6-13-10(12)7-9(2)8-11(3,4)5/h9H,6-8H2,1-5H3/t9-/m0/s1. The van der Waals surface area contributed by atoms with Gasteiger partial charge in [-0.3, -0.25) is 4.79 Å². The van der Waals surface area contributed by atoms with Gasteiger partial charge in [-0.25, -0.2) is 0 Å². The van der Waals surface area contributed by atoms with Crippen molar-refractivity contribution in [3.63, 3.8) is 0 Å². The van der Waals surface area contributed by atoms with Crippen LogP contribution in [0.1, 0.15) is 47.5 Å². The molecule has 0 aliphatic carbocycles. The summed E-state index contributed by atoms with van der Waals surface area (Å²) < 4.78 is 4.89. The molecule has 0 radical (unpaired) electrons. The smallest absolute Gasteiger partial charge is 0.306 e. The Hall–Kier alpha value is -0.530. The molecule has 0 unspecified atom stereocenters. The lowest BCUT2D eigenvalue weighted by molar-refractivity contribution is -0.144. The second kappa shape index (κ2) is 5.25. The van der Waals surface area contributed by atoms with Gasteiger partial charge in [0.05, 0.1) is 6.61 Å².